The van der Waals surface area contributed by atoms with Crippen LogP contribution in [0.3, 0.4) is 0 Å². The van der Waals surface area contributed by atoms with Crippen molar-refractivity contribution < 1.29 is 14.3 Å². The summed E-state index contributed by atoms with van der Waals surface area (Å²) in [6.07, 6.45) is 0.604. The van der Waals surface area contributed by atoms with E-state index >= 15 is 0 Å². The van der Waals surface area contributed by atoms with E-state index in [4.69, 9.17) is 16.7 Å². The summed E-state index contributed by atoms with van der Waals surface area (Å²) in [5.74, 6) is 2.97. The summed E-state index contributed by atoms with van der Waals surface area (Å²) < 4.78 is 12.9. The fourth-order valence-corrected chi connectivity index (χ4v) is 0.882. The zero-order chi connectivity index (χ0) is 10.6. The van der Waals surface area contributed by atoms with E-state index in [9.17, 15) is 9.18 Å². The van der Waals surface area contributed by atoms with E-state index in [-0.39, 0.29) is 17.1 Å². The molecule has 0 radical (unpaired) electrons. The first-order valence-electron chi connectivity index (χ1n) is 3.61. The third-order valence-electron chi connectivity index (χ3n) is 1.28. The Labute approximate surface area is 84.5 Å². The van der Waals surface area contributed by atoms with Gasteiger partial charge in [-0.1, -0.05) is 23.4 Å². The highest BCUT2D eigenvalue weighted by molar-refractivity contribution is 6.29. The van der Waals surface area contributed by atoms with E-state index in [2.05, 4.69) is 16.8 Å². The lowest BCUT2D eigenvalue weighted by atomic mass is 10.2. The first-order valence-corrected chi connectivity index (χ1v) is 3.99. The fraction of sp³-hybridized carbons (Fsp3) is 0.111. The second-order valence-electron chi connectivity index (χ2n) is 2.36. The van der Waals surface area contributed by atoms with Gasteiger partial charge >= 0.3 is 5.97 Å². The van der Waals surface area contributed by atoms with E-state index in [0.29, 0.717) is 0 Å². The van der Waals surface area contributed by atoms with Crippen molar-refractivity contribution in [3.63, 3.8) is 0 Å². The van der Waals surface area contributed by atoms with Gasteiger partial charge in [0.25, 0.3) is 0 Å². The zero-order valence-electron chi connectivity index (χ0n) is 6.92. The van der Waals surface area contributed by atoms with Crippen LogP contribution in [0.2, 0.25) is 5.15 Å². The Kier molecular flexibility index (Phi) is 3.43. The smallest absolute Gasteiger partial charge is 0.315 e. The Balaban J connectivity index is 2.88. The topological polar surface area (TPSA) is 50.2 Å². The van der Waals surface area contributed by atoms with Crippen molar-refractivity contribution in [1.82, 2.24) is 4.98 Å². The Bertz CT molecular complexity index is 423. The molecule has 3 nitrogen and oxygen atoms in total. The van der Waals surface area contributed by atoms with Crippen LogP contribution < -0.4 is 0 Å². The molecule has 0 aliphatic heterocycles. The number of rotatable bonds is 1. The molecule has 0 amide bonds. The molecule has 0 aliphatic carbocycles. The highest BCUT2D eigenvalue weighted by atomic mass is 35.5. The molecule has 0 spiro atoms. The zero-order valence-corrected chi connectivity index (χ0v) is 7.68. The number of hydrogen-bond acceptors (Lipinski definition) is 2. The lowest BCUT2D eigenvalue weighted by Gasteiger charge is -1.93. The number of carboxylic acids is 1. The van der Waals surface area contributed by atoms with Crippen LogP contribution in [0.5, 0.6) is 0 Å². The molecule has 1 N–H and O–H groups in total. The van der Waals surface area contributed by atoms with Crippen LogP contribution in [0, 0.1) is 17.7 Å². The average Bonchev–Trinajstić information content (AvgIpc) is 2.10. The highest BCUT2D eigenvalue weighted by Gasteiger charge is 2.00. The summed E-state index contributed by atoms with van der Waals surface area (Å²) in [7, 11) is 0. The summed E-state index contributed by atoms with van der Waals surface area (Å²) in [4.78, 5) is 13.6. The van der Waals surface area contributed by atoms with E-state index in [1.807, 2.05) is 0 Å². The van der Waals surface area contributed by atoms with Crippen LogP contribution in [0.4, 0.5) is 4.39 Å². The maximum absolute atomic E-state index is 12.9. The van der Waals surface area contributed by atoms with Gasteiger partial charge in [-0.2, -0.15) is 0 Å². The molecular formula is C9H5ClFNO2. The molecule has 0 bridgehead atoms. The van der Waals surface area contributed by atoms with Crippen molar-refractivity contribution in [3.05, 3.63) is 28.8 Å². The molecule has 0 aliphatic rings. The number of carboxylic acid groups (broad SMARTS) is 1. The SMILES string of the molecule is O=C(O)CC#Cc1cc(Cl)ncc1F. The predicted octanol–water partition coefficient (Wildman–Crippen LogP) is 1.70. The van der Waals surface area contributed by atoms with E-state index in [0.717, 1.165) is 6.20 Å². The number of aromatic nitrogens is 1. The Morgan fingerprint density at radius 3 is 3.07 bits per heavy atom. The molecule has 5 heteroatoms. The van der Waals surface area contributed by atoms with Gasteiger partial charge in [0.05, 0.1) is 11.8 Å². The molecule has 1 aromatic rings. The van der Waals surface area contributed by atoms with E-state index in [1.54, 1.807) is 0 Å². The highest BCUT2D eigenvalue weighted by Crippen LogP contribution is 2.10. The summed E-state index contributed by atoms with van der Waals surface area (Å²) >= 11 is 5.50. The predicted molar refractivity (Wildman–Crippen MR) is 48.3 cm³/mol. The number of hydrogen-bond donors (Lipinski definition) is 1. The summed E-state index contributed by atoms with van der Waals surface area (Å²) in [6.45, 7) is 0. The minimum atomic E-state index is -1.06. The molecule has 0 atom stereocenters. The molecule has 0 fully saturated rings. The van der Waals surface area contributed by atoms with Gasteiger partial charge in [0.15, 0.2) is 5.82 Å². The largest absolute Gasteiger partial charge is 0.481 e. The van der Waals surface area contributed by atoms with E-state index < -0.39 is 11.8 Å². The first-order chi connectivity index (χ1) is 6.59. The van der Waals surface area contributed by atoms with Gasteiger partial charge in [-0.25, -0.2) is 9.37 Å². The van der Waals surface area contributed by atoms with Gasteiger partial charge in [0.2, 0.25) is 0 Å². The molecule has 0 saturated heterocycles. The van der Waals surface area contributed by atoms with Crippen LogP contribution in [0.15, 0.2) is 12.3 Å². The van der Waals surface area contributed by atoms with Crippen LogP contribution in [0.1, 0.15) is 12.0 Å². The number of carbonyl (C=O) groups is 1. The summed E-state index contributed by atoms with van der Waals surface area (Å²) in [6, 6.07) is 1.24. The molecule has 0 saturated carbocycles. The van der Waals surface area contributed by atoms with Gasteiger partial charge in [-0.05, 0) is 6.07 Å². The fourth-order valence-electron chi connectivity index (χ4n) is 0.724. The van der Waals surface area contributed by atoms with Gasteiger partial charge in [0.1, 0.15) is 11.6 Å². The van der Waals surface area contributed by atoms with Gasteiger partial charge in [-0.15, -0.1) is 0 Å². The quantitative estimate of drug-likeness (QED) is 0.571. The third kappa shape index (κ3) is 3.04. The van der Waals surface area contributed by atoms with Crippen molar-refractivity contribution in [2.24, 2.45) is 0 Å². The maximum Gasteiger partial charge on any atom is 0.315 e. The minimum Gasteiger partial charge on any atom is -0.481 e. The van der Waals surface area contributed by atoms with Crippen LogP contribution >= 0.6 is 11.6 Å². The van der Waals surface area contributed by atoms with E-state index in [1.165, 1.54) is 6.07 Å². The Morgan fingerprint density at radius 1 is 1.71 bits per heavy atom. The molecule has 14 heavy (non-hydrogen) atoms. The van der Waals surface area contributed by atoms with Crippen LogP contribution in [-0.2, 0) is 4.79 Å². The van der Waals surface area contributed by atoms with Crippen molar-refractivity contribution in [3.8, 4) is 11.8 Å². The lowest BCUT2D eigenvalue weighted by Crippen LogP contribution is -1.91. The molecule has 0 aromatic carbocycles. The molecule has 0 unspecified atom stereocenters. The van der Waals surface area contributed by atoms with Crippen molar-refractivity contribution in [2.75, 3.05) is 0 Å². The number of aliphatic carboxylic acids is 1. The van der Waals surface area contributed by atoms with Crippen LogP contribution in [-0.4, -0.2) is 16.1 Å². The van der Waals surface area contributed by atoms with Gasteiger partial charge in [-0.3, -0.25) is 4.79 Å². The second kappa shape index (κ2) is 4.58. The molecule has 1 rings (SSSR count). The Morgan fingerprint density at radius 2 is 2.43 bits per heavy atom. The van der Waals surface area contributed by atoms with Crippen molar-refractivity contribution in [1.29, 1.82) is 0 Å². The summed E-state index contributed by atoms with van der Waals surface area (Å²) in [5.41, 5.74) is 0.0475. The minimum absolute atomic E-state index is 0.0475. The standard InChI is InChI=1S/C9H5ClFNO2/c10-8-4-6(7(11)5-12-8)2-1-3-9(13)14/h4-5H,3H2,(H,13,14). The lowest BCUT2D eigenvalue weighted by molar-refractivity contribution is -0.135. The first kappa shape index (κ1) is 10.5. The number of pyridine rings is 1. The van der Waals surface area contributed by atoms with Crippen molar-refractivity contribution in [2.45, 2.75) is 6.42 Å². The molecule has 72 valence electrons. The van der Waals surface area contributed by atoms with Crippen molar-refractivity contribution >= 4 is 17.6 Å². The third-order valence-corrected chi connectivity index (χ3v) is 1.49. The average molecular weight is 214 g/mol. The maximum atomic E-state index is 12.9. The Hall–Kier alpha value is -1.60. The normalized spacial score (nSPS) is 9.00. The molecule has 1 heterocycles. The number of halogens is 2. The summed E-state index contributed by atoms with van der Waals surface area (Å²) in [5, 5.41) is 8.40. The van der Waals surface area contributed by atoms with Gasteiger partial charge < -0.3 is 5.11 Å². The molecule has 1 aromatic heterocycles. The second-order valence-corrected chi connectivity index (χ2v) is 2.75. The van der Waals surface area contributed by atoms with Crippen LogP contribution in [0.25, 0.3) is 0 Å². The van der Waals surface area contributed by atoms with Gasteiger partial charge in [0, 0.05) is 0 Å². The molecular weight excluding hydrogens is 209 g/mol. The number of nitrogens with zero attached hydrogens (tertiary/aromatic N) is 1. The monoisotopic (exact) mass is 213 g/mol.